The first-order valence-corrected chi connectivity index (χ1v) is 18.9. The molecule has 0 radical (unpaired) electrons. The maximum absolute atomic E-state index is 13.0. The minimum atomic E-state index is -4.39. The molecule has 57 heavy (non-hydrogen) atoms. The average Bonchev–Trinajstić information content (AvgIpc) is 3.86. The fourth-order valence-electron chi connectivity index (χ4n) is 7.05. The summed E-state index contributed by atoms with van der Waals surface area (Å²) in [5.74, 6) is -0.993. The Morgan fingerprint density at radius 2 is 1.16 bits per heavy atom. The van der Waals surface area contributed by atoms with E-state index < -0.39 is 17.7 Å². The van der Waals surface area contributed by atoms with Gasteiger partial charge in [0.1, 0.15) is 23.8 Å². The summed E-state index contributed by atoms with van der Waals surface area (Å²) < 4.78 is 56.2. The van der Waals surface area contributed by atoms with Gasteiger partial charge in [0.25, 0.3) is 5.91 Å². The second kappa shape index (κ2) is 17.1. The number of nitrogens with zero attached hydrogens (tertiary/aromatic N) is 4. The Labute approximate surface area is 328 Å². The summed E-state index contributed by atoms with van der Waals surface area (Å²) in [6.45, 7) is 8.06. The molecule has 4 aromatic carbocycles. The van der Waals surface area contributed by atoms with Gasteiger partial charge in [-0.1, -0.05) is 36.4 Å². The zero-order chi connectivity index (χ0) is 40.1. The number of alkyl halides is 3. The Kier molecular flexibility index (Phi) is 11.8. The van der Waals surface area contributed by atoms with Gasteiger partial charge >= 0.3 is 12.1 Å². The number of hydrogen-bond acceptors (Lipinski definition) is 7. The highest BCUT2D eigenvalue weighted by Crippen LogP contribution is 2.31. The predicted octanol–water partition coefficient (Wildman–Crippen LogP) is 7.28. The van der Waals surface area contributed by atoms with Gasteiger partial charge in [-0.05, 0) is 85.9 Å². The summed E-state index contributed by atoms with van der Waals surface area (Å²) in [4.78, 5) is 40.6. The van der Waals surface area contributed by atoms with Crippen LogP contribution in [0.15, 0.2) is 97.1 Å². The van der Waals surface area contributed by atoms with Gasteiger partial charge in [-0.15, -0.1) is 0 Å². The lowest BCUT2D eigenvalue weighted by atomic mass is 10.1. The number of H-pyrrole nitrogens is 2. The first kappa shape index (κ1) is 39.4. The Hall–Kier alpha value is -5.86. The number of carbonyl (C=O) groups is 2. The molecule has 298 valence electrons. The van der Waals surface area contributed by atoms with Crippen molar-refractivity contribution in [3.8, 4) is 0 Å². The Morgan fingerprint density at radius 3 is 1.68 bits per heavy atom. The standard InChI is InChI=1S/C22H22F3N3O2.C21H23FN4O/c1-27-9-11-28(12-10-27)20-4-2-3-18-17(20)13-19(26-18)21(29)30-14-15-5-7-16(8-6-15)22(23,24)25;1-25-9-11-26(12-10-25)20-4-2-3-18-17(20)13-19(24-18)21(27)23-14-15-5-7-16(22)8-6-15/h2-8,13,26H,9-12,14H2,1H3;2-8,13,24H,9-12,14H2,1H3,(H,23,27). The van der Waals surface area contributed by atoms with Crippen molar-refractivity contribution < 1.29 is 31.9 Å². The van der Waals surface area contributed by atoms with Crippen molar-refractivity contribution in [2.45, 2.75) is 19.3 Å². The fraction of sp³-hybridized carbons (Fsp3) is 0.302. The highest BCUT2D eigenvalue weighted by molar-refractivity contribution is 6.02. The van der Waals surface area contributed by atoms with Crippen molar-refractivity contribution >= 4 is 45.1 Å². The van der Waals surface area contributed by atoms with Crippen LogP contribution in [0.4, 0.5) is 28.9 Å². The highest BCUT2D eigenvalue weighted by Gasteiger charge is 2.30. The number of anilines is 2. The third-order valence-electron chi connectivity index (χ3n) is 10.5. The van der Waals surface area contributed by atoms with Crippen LogP contribution in [0, 0.1) is 5.82 Å². The van der Waals surface area contributed by atoms with Crippen LogP contribution in [0.2, 0.25) is 0 Å². The van der Waals surface area contributed by atoms with Gasteiger partial charge in [-0.25, -0.2) is 9.18 Å². The first-order chi connectivity index (χ1) is 27.4. The number of fused-ring (bicyclic) bond motifs is 2. The lowest BCUT2D eigenvalue weighted by molar-refractivity contribution is -0.137. The maximum Gasteiger partial charge on any atom is 0.416 e. The van der Waals surface area contributed by atoms with Gasteiger partial charge in [0, 0.05) is 92.1 Å². The normalized spacial score (nSPS) is 15.4. The molecule has 2 aromatic heterocycles. The zero-order valence-corrected chi connectivity index (χ0v) is 31.8. The molecule has 4 heterocycles. The highest BCUT2D eigenvalue weighted by atomic mass is 19.4. The minimum absolute atomic E-state index is 0.0996. The molecule has 3 N–H and O–H groups in total. The second-order valence-corrected chi connectivity index (χ2v) is 14.5. The molecular formula is C43H45F4N7O3. The van der Waals surface area contributed by atoms with E-state index in [1.54, 1.807) is 18.2 Å². The smallest absolute Gasteiger partial charge is 0.416 e. The van der Waals surface area contributed by atoms with Crippen LogP contribution < -0.4 is 15.1 Å². The quantitative estimate of drug-likeness (QED) is 0.110. The van der Waals surface area contributed by atoms with Gasteiger partial charge in [0.2, 0.25) is 0 Å². The number of halogens is 4. The summed E-state index contributed by atoms with van der Waals surface area (Å²) in [5.41, 5.74) is 5.50. The maximum atomic E-state index is 13.0. The number of nitrogens with one attached hydrogen (secondary N) is 3. The van der Waals surface area contributed by atoms with Crippen molar-refractivity contribution in [2.75, 3.05) is 76.3 Å². The third-order valence-corrected chi connectivity index (χ3v) is 10.5. The molecule has 0 atom stereocenters. The number of piperazine rings is 2. The van der Waals surface area contributed by atoms with Crippen LogP contribution in [0.1, 0.15) is 37.7 Å². The summed E-state index contributed by atoms with van der Waals surface area (Å²) in [6, 6.07) is 26.4. The van der Waals surface area contributed by atoms with Crippen molar-refractivity contribution in [1.82, 2.24) is 25.1 Å². The molecular weight excluding hydrogens is 739 g/mol. The van der Waals surface area contributed by atoms with E-state index in [0.29, 0.717) is 23.5 Å². The fourth-order valence-corrected chi connectivity index (χ4v) is 7.05. The topological polar surface area (TPSA) is 99.9 Å². The number of ether oxygens (including phenoxy) is 1. The molecule has 0 saturated carbocycles. The molecule has 0 aliphatic carbocycles. The molecule has 0 spiro atoms. The van der Waals surface area contributed by atoms with Crippen LogP contribution in [0.3, 0.4) is 0 Å². The summed E-state index contributed by atoms with van der Waals surface area (Å²) in [7, 11) is 4.23. The van der Waals surface area contributed by atoms with E-state index in [-0.39, 0.29) is 18.3 Å². The molecule has 10 nitrogen and oxygen atoms in total. The van der Waals surface area contributed by atoms with E-state index in [1.165, 1.54) is 24.3 Å². The van der Waals surface area contributed by atoms with Crippen LogP contribution >= 0.6 is 0 Å². The molecule has 1 amide bonds. The molecule has 0 bridgehead atoms. The Morgan fingerprint density at radius 1 is 0.667 bits per heavy atom. The van der Waals surface area contributed by atoms with Gasteiger partial charge in [0.05, 0.1) is 5.56 Å². The molecule has 0 unspecified atom stereocenters. The number of aromatic amines is 2. The molecule has 2 fully saturated rings. The van der Waals surface area contributed by atoms with Gasteiger partial charge < -0.3 is 39.6 Å². The summed E-state index contributed by atoms with van der Waals surface area (Å²) in [5, 5.41) is 4.90. The summed E-state index contributed by atoms with van der Waals surface area (Å²) >= 11 is 0. The lowest BCUT2D eigenvalue weighted by Crippen LogP contribution is -2.44. The van der Waals surface area contributed by atoms with Crippen molar-refractivity contribution in [3.05, 3.63) is 131 Å². The van der Waals surface area contributed by atoms with Crippen molar-refractivity contribution in [2.24, 2.45) is 0 Å². The van der Waals surface area contributed by atoms with Gasteiger partial charge in [-0.3, -0.25) is 4.79 Å². The third kappa shape index (κ3) is 9.58. The first-order valence-electron chi connectivity index (χ1n) is 18.9. The monoisotopic (exact) mass is 783 g/mol. The van der Waals surface area contributed by atoms with E-state index in [2.05, 4.69) is 55.0 Å². The van der Waals surface area contributed by atoms with E-state index in [0.717, 1.165) is 103 Å². The molecule has 2 saturated heterocycles. The van der Waals surface area contributed by atoms with Gasteiger partial charge in [0.15, 0.2) is 0 Å². The number of carbonyl (C=O) groups excluding carboxylic acids is 2. The van der Waals surface area contributed by atoms with Crippen LogP contribution in [-0.2, 0) is 24.1 Å². The van der Waals surface area contributed by atoms with Gasteiger partial charge in [-0.2, -0.15) is 13.2 Å². The summed E-state index contributed by atoms with van der Waals surface area (Å²) in [6.07, 6.45) is -4.39. The number of esters is 1. The van der Waals surface area contributed by atoms with Crippen LogP contribution in [-0.4, -0.2) is 98.1 Å². The van der Waals surface area contributed by atoms with E-state index in [4.69, 9.17) is 4.74 Å². The van der Waals surface area contributed by atoms with E-state index >= 15 is 0 Å². The second-order valence-electron chi connectivity index (χ2n) is 14.5. The molecule has 8 rings (SSSR count). The lowest BCUT2D eigenvalue weighted by Gasteiger charge is -2.34. The number of amides is 1. The van der Waals surface area contributed by atoms with Crippen LogP contribution in [0.25, 0.3) is 21.8 Å². The van der Waals surface area contributed by atoms with Crippen molar-refractivity contribution in [1.29, 1.82) is 0 Å². The number of benzene rings is 4. The SMILES string of the molecule is CN1CCN(c2cccc3[nH]c(C(=O)NCc4ccc(F)cc4)cc23)CC1.CN1CCN(c2cccc3[nH]c(C(=O)OCc4ccc(C(F)(F)F)cc4)cc23)CC1. The average molecular weight is 784 g/mol. The van der Waals surface area contributed by atoms with Crippen molar-refractivity contribution in [3.63, 3.8) is 0 Å². The molecule has 2 aliphatic heterocycles. The van der Waals surface area contributed by atoms with E-state index in [1.807, 2.05) is 36.4 Å². The molecule has 14 heteroatoms. The number of rotatable bonds is 8. The zero-order valence-electron chi connectivity index (χ0n) is 31.8. The number of likely N-dealkylation sites (N-methyl/N-ethyl adjacent to an activating group) is 2. The minimum Gasteiger partial charge on any atom is -0.456 e. The Bertz CT molecular complexity index is 2310. The largest absolute Gasteiger partial charge is 0.456 e. The Balaban J connectivity index is 0.000000175. The predicted molar refractivity (Wildman–Crippen MR) is 214 cm³/mol. The van der Waals surface area contributed by atoms with E-state index in [9.17, 15) is 27.2 Å². The van der Waals surface area contributed by atoms with Crippen LogP contribution in [0.5, 0.6) is 0 Å². The molecule has 2 aliphatic rings. The number of hydrogen-bond donors (Lipinski definition) is 3. The number of aromatic nitrogens is 2. The molecule has 6 aromatic rings.